The van der Waals surface area contributed by atoms with Crippen LogP contribution in [-0.2, 0) is 0 Å². The van der Waals surface area contributed by atoms with E-state index in [1.165, 1.54) is 0 Å². The van der Waals surface area contributed by atoms with Crippen LogP contribution in [0.5, 0.6) is 0 Å². The summed E-state index contributed by atoms with van der Waals surface area (Å²) in [4.78, 5) is 0. The van der Waals surface area contributed by atoms with Gasteiger partial charge in [0.15, 0.2) is 0 Å². The molecule has 2 N–H and O–H groups in total. The SMILES string of the molecule is CCCNC(C#N)CSCCO. The maximum atomic E-state index is 8.66. The van der Waals surface area contributed by atoms with Crippen LogP contribution in [0.3, 0.4) is 0 Å². The number of aliphatic hydroxyl groups is 1. The third-order valence-corrected chi connectivity index (χ3v) is 2.36. The first-order valence-electron chi connectivity index (χ1n) is 4.16. The average Bonchev–Trinajstić information content (AvgIpc) is 2.11. The monoisotopic (exact) mass is 188 g/mol. The molecule has 0 saturated carbocycles. The summed E-state index contributed by atoms with van der Waals surface area (Å²) >= 11 is 1.60. The third-order valence-electron chi connectivity index (χ3n) is 1.32. The average molecular weight is 188 g/mol. The first-order chi connectivity index (χ1) is 5.85. The molecular formula is C8H16N2OS. The summed E-state index contributed by atoms with van der Waals surface area (Å²) < 4.78 is 0. The molecule has 1 atom stereocenters. The predicted octanol–water partition coefficient (Wildman–Crippen LogP) is 0.604. The Labute approximate surface area is 78.2 Å². The molecule has 0 bridgehead atoms. The van der Waals surface area contributed by atoms with Gasteiger partial charge in [0.05, 0.1) is 12.7 Å². The zero-order chi connectivity index (χ0) is 9.23. The third kappa shape index (κ3) is 6.47. The first-order valence-corrected chi connectivity index (χ1v) is 5.32. The van der Waals surface area contributed by atoms with E-state index in [9.17, 15) is 0 Å². The van der Waals surface area contributed by atoms with Crippen LogP contribution >= 0.6 is 11.8 Å². The van der Waals surface area contributed by atoms with E-state index in [0.717, 1.165) is 18.7 Å². The molecule has 0 aliphatic carbocycles. The second-order valence-electron chi connectivity index (χ2n) is 2.43. The van der Waals surface area contributed by atoms with Crippen LogP contribution in [-0.4, -0.2) is 35.8 Å². The largest absolute Gasteiger partial charge is 0.396 e. The highest BCUT2D eigenvalue weighted by atomic mass is 32.2. The van der Waals surface area contributed by atoms with Crippen molar-refractivity contribution in [3.63, 3.8) is 0 Å². The van der Waals surface area contributed by atoms with E-state index in [2.05, 4.69) is 18.3 Å². The Kier molecular flexibility index (Phi) is 8.68. The fourth-order valence-electron chi connectivity index (χ4n) is 0.726. The van der Waals surface area contributed by atoms with Crippen LogP contribution in [0.25, 0.3) is 0 Å². The highest BCUT2D eigenvalue weighted by Gasteiger charge is 2.04. The molecule has 1 unspecified atom stereocenters. The molecule has 70 valence electrons. The minimum atomic E-state index is -0.0681. The van der Waals surface area contributed by atoms with Crippen molar-refractivity contribution in [2.45, 2.75) is 19.4 Å². The smallest absolute Gasteiger partial charge is 0.104 e. The molecule has 0 aromatic heterocycles. The van der Waals surface area contributed by atoms with Crippen molar-refractivity contribution in [3.05, 3.63) is 0 Å². The zero-order valence-electron chi connectivity index (χ0n) is 7.42. The van der Waals surface area contributed by atoms with Gasteiger partial charge < -0.3 is 10.4 Å². The Morgan fingerprint density at radius 1 is 1.67 bits per heavy atom. The van der Waals surface area contributed by atoms with Crippen molar-refractivity contribution in [1.82, 2.24) is 5.32 Å². The van der Waals surface area contributed by atoms with E-state index in [0.29, 0.717) is 5.75 Å². The summed E-state index contributed by atoms with van der Waals surface area (Å²) in [5, 5.41) is 20.3. The minimum absolute atomic E-state index is 0.0681. The Morgan fingerprint density at radius 2 is 2.42 bits per heavy atom. The normalized spacial score (nSPS) is 12.4. The quantitative estimate of drug-likeness (QED) is 0.575. The Bertz CT molecular complexity index is 136. The lowest BCUT2D eigenvalue weighted by Crippen LogP contribution is -2.30. The molecular weight excluding hydrogens is 172 g/mol. The minimum Gasteiger partial charge on any atom is -0.396 e. The Hall–Kier alpha value is -0.240. The number of thioether (sulfide) groups is 1. The standard InChI is InChI=1S/C8H16N2OS/c1-2-3-10-8(6-9)7-12-5-4-11/h8,10-11H,2-5,7H2,1H3. The number of hydrogen-bond acceptors (Lipinski definition) is 4. The van der Waals surface area contributed by atoms with Crippen LogP contribution in [0.4, 0.5) is 0 Å². The highest BCUT2D eigenvalue weighted by Crippen LogP contribution is 2.01. The van der Waals surface area contributed by atoms with Gasteiger partial charge in [0.25, 0.3) is 0 Å². The highest BCUT2D eigenvalue weighted by molar-refractivity contribution is 7.99. The van der Waals surface area contributed by atoms with Crippen molar-refractivity contribution < 1.29 is 5.11 Å². The summed E-state index contributed by atoms with van der Waals surface area (Å²) in [6.07, 6.45) is 1.04. The van der Waals surface area contributed by atoms with Gasteiger partial charge in [-0.25, -0.2) is 0 Å². The lowest BCUT2D eigenvalue weighted by Gasteiger charge is -2.08. The van der Waals surface area contributed by atoms with Gasteiger partial charge in [-0.2, -0.15) is 17.0 Å². The van der Waals surface area contributed by atoms with Gasteiger partial charge in [0.2, 0.25) is 0 Å². The van der Waals surface area contributed by atoms with Crippen molar-refractivity contribution in [2.75, 3.05) is 24.7 Å². The summed E-state index contributed by atoms with van der Waals surface area (Å²) in [7, 11) is 0. The molecule has 0 heterocycles. The number of nitrogens with one attached hydrogen (secondary N) is 1. The van der Waals surface area contributed by atoms with Crippen LogP contribution in [0.15, 0.2) is 0 Å². The van der Waals surface area contributed by atoms with Gasteiger partial charge in [-0.3, -0.25) is 0 Å². The van der Waals surface area contributed by atoms with Crippen LogP contribution in [0.2, 0.25) is 0 Å². The molecule has 4 heteroatoms. The van der Waals surface area contributed by atoms with Gasteiger partial charge in [-0.1, -0.05) is 6.92 Å². The second kappa shape index (κ2) is 8.85. The number of aliphatic hydroxyl groups excluding tert-OH is 1. The molecule has 0 aliphatic rings. The lowest BCUT2D eigenvalue weighted by atomic mass is 10.3. The molecule has 0 saturated heterocycles. The van der Waals surface area contributed by atoms with Crippen molar-refractivity contribution >= 4 is 11.8 Å². The fraction of sp³-hybridized carbons (Fsp3) is 0.875. The molecule has 0 aliphatic heterocycles. The lowest BCUT2D eigenvalue weighted by molar-refractivity contribution is 0.322. The van der Waals surface area contributed by atoms with E-state index in [4.69, 9.17) is 10.4 Å². The molecule has 12 heavy (non-hydrogen) atoms. The summed E-state index contributed by atoms with van der Waals surface area (Å²) in [6.45, 7) is 3.15. The zero-order valence-corrected chi connectivity index (χ0v) is 8.23. The maximum Gasteiger partial charge on any atom is 0.104 e. The molecule has 0 radical (unpaired) electrons. The summed E-state index contributed by atoms with van der Waals surface area (Å²) in [5.41, 5.74) is 0. The summed E-state index contributed by atoms with van der Waals surface area (Å²) in [5.74, 6) is 1.48. The maximum absolute atomic E-state index is 8.66. The van der Waals surface area contributed by atoms with E-state index in [-0.39, 0.29) is 12.6 Å². The van der Waals surface area contributed by atoms with Gasteiger partial charge >= 0.3 is 0 Å². The second-order valence-corrected chi connectivity index (χ2v) is 3.58. The number of nitriles is 1. The topological polar surface area (TPSA) is 56.0 Å². The predicted molar refractivity (Wildman–Crippen MR) is 52.1 cm³/mol. The number of hydrogen-bond donors (Lipinski definition) is 2. The van der Waals surface area contributed by atoms with Gasteiger partial charge in [0.1, 0.15) is 6.04 Å². The molecule has 0 rings (SSSR count). The summed E-state index contributed by atoms with van der Waals surface area (Å²) in [6, 6.07) is 2.11. The van der Waals surface area contributed by atoms with E-state index in [1.54, 1.807) is 11.8 Å². The van der Waals surface area contributed by atoms with E-state index >= 15 is 0 Å². The Morgan fingerprint density at radius 3 is 2.92 bits per heavy atom. The van der Waals surface area contributed by atoms with E-state index < -0.39 is 0 Å². The molecule has 0 amide bonds. The Balaban J connectivity index is 3.35. The van der Waals surface area contributed by atoms with Crippen molar-refractivity contribution in [3.8, 4) is 6.07 Å². The van der Waals surface area contributed by atoms with Crippen molar-refractivity contribution in [1.29, 1.82) is 5.26 Å². The van der Waals surface area contributed by atoms with Crippen molar-refractivity contribution in [2.24, 2.45) is 0 Å². The molecule has 0 fully saturated rings. The van der Waals surface area contributed by atoms with Gasteiger partial charge in [-0.15, -0.1) is 0 Å². The first kappa shape index (κ1) is 11.8. The molecule has 0 aromatic carbocycles. The van der Waals surface area contributed by atoms with Gasteiger partial charge in [0, 0.05) is 11.5 Å². The van der Waals surface area contributed by atoms with Crippen LogP contribution in [0.1, 0.15) is 13.3 Å². The molecule has 0 aromatic rings. The van der Waals surface area contributed by atoms with Crippen LogP contribution < -0.4 is 5.32 Å². The fourth-order valence-corrected chi connectivity index (χ4v) is 1.45. The number of nitrogens with zero attached hydrogens (tertiary/aromatic N) is 1. The van der Waals surface area contributed by atoms with E-state index in [1.807, 2.05) is 0 Å². The van der Waals surface area contributed by atoms with Gasteiger partial charge in [-0.05, 0) is 13.0 Å². The molecule has 3 nitrogen and oxygen atoms in total. The van der Waals surface area contributed by atoms with Crippen LogP contribution in [0, 0.1) is 11.3 Å². The number of rotatable bonds is 7. The molecule has 0 spiro atoms.